The fraction of sp³-hybridized carbons (Fsp3) is 0.500. The average Bonchev–Trinajstić information content (AvgIpc) is 3.67. The Balaban J connectivity index is 1.49. The Kier molecular flexibility index (Phi) is 10.6. The predicted octanol–water partition coefficient (Wildman–Crippen LogP) is 6.33. The topological polar surface area (TPSA) is 126 Å². The number of nitrogens with zero attached hydrogens (tertiary/aromatic N) is 3. The second-order valence-corrected chi connectivity index (χ2v) is 11.9. The second-order valence-electron chi connectivity index (χ2n) is 10.9. The molecule has 5 rings (SSSR count). The van der Waals surface area contributed by atoms with Crippen molar-refractivity contribution in [1.29, 1.82) is 0 Å². The third-order valence-electron chi connectivity index (χ3n) is 7.87. The molecule has 1 saturated heterocycles. The number of aryl methyl sites for hydroxylation is 2. The maximum atomic E-state index is 13.8. The van der Waals surface area contributed by atoms with Gasteiger partial charge in [0.1, 0.15) is 28.6 Å². The van der Waals surface area contributed by atoms with Gasteiger partial charge in [-0.15, -0.1) is 11.3 Å². The molecule has 0 saturated carbocycles. The molecule has 0 spiro atoms. The van der Waals surface area contributed by atoms with Crippen LogP contribution in [0.15, 0.2) is 45.9 Å². The van der Waals surface area contributed by atoms with E-state index in [-0.39, 0.29) is 24.1 Å². The third-order valence-corrected chi connectivity index (χ3v) is 9.17. The standard InChI is InChI=1S/C32H39N3O7S/c1-21-28-29(38)24(11-6-4-3-5-7-13-27(36)37)34-35(32(28)43-30(21)31-33-16-19-41-31)20-26(42-22-14-17-40-18-15-22)23-10-8-9-12-25(23)39-2/h8-10,12,16,19,22,26H,3-7,11,13-15,17-18,20H2,1-2H3,(H,36,37)/t26-/m0/s1. The second kappa shape index (κ2) is 14.8. The van der Waals surface area contributed by atoms with Crippen LogP contribution in [0.3, 0.4) is 0 Å². The number of methoxy groups -OCH3 is 1. The minimum absolute atomic E-state index is 0.0343. The Hall–Kier alpha value is -3.54. The molecule has 1 fully saturated rings. The van der Waals surface area contributed by atoms with Crippen molar-refractivity contribution < 1.29 is 28.5 Å². The van der Waals surface area contributed by atoms with Crippen LogP contribution in [0, 0.1) is 6.92 Å². The zero-order chi connectivity index (χ0) is 30.2. The number of carbonyl (C=O) groups is 1. The van der Waals surface area contributed by atoms with Crippen LogP contribution in [0.5, 0.6) is 5.75 Å². The summed E-state index contributed by atoms with van der Waals surface area (Å²) in [7, 11) is 1.66. The van der Waals surface area contributed by atoms with Crippen LogP contribution in [-0.2, 0) is 27.2 Å². The van der Waals surface area contributed by atoms with E-state index in [1.54, 1.807) is 13.3 Å². The lowest BCUT2D eigenvalue weighted by Gasteiger charge is -2.29. The van der Waals surface area contributed by atoms with Gasteiger partial charge in [-0.2, -0.15) is 5.10 Å². The van der Waals surface area contributed by atoms with Gasteiger partial charge in [-0.05, 0) is 50.7 Å². The van der Waals surface area contributed by atoms with Crippen LogP contribution < -0.4 is 10.2 Å². The molecule has 0 bridgehead atoms. The van der Waals surface area contributed by atoms with E-state index in [4.69, 9.17) is 28.8 Å². The number of benzene rings is 1. The number of unbranched alkanes of at least 4 members (excludes halogenated alkanes) is 4. The van der Waals surface area contributed by atoms with Crippen LogP contribution >= 0.6 is 11.3 Å². The SMILES string of the molecule is COc1ccccc1[C@H](Cn1nc(CCCCCCCC(=O)O)c(=O)c2c(C)c(-c3ncco3)sc21)OC1CCOCC1. The lowest BCUT2D eigenvalue weighted by molar-refractivity contribution is -0.137. The summed E-state index contributed by atoms with van der Waals surface area (Å²) in [6, 6.07) is 7.87. The quantitative estimate of drug-likeness (QED) is 0.154. The Morgan fingerprint density at radius 3 is 2.67 bits per heavy atom. The summed E-state index contributed by atoms with van der Waals surface area (Å²) in [6.07, 6.45) is 9.29. The highest BCUT2D eigenvalue weighted by Crippen LogP contribution is 2.38. The van der Waals surface area contributed by atoms with E-state index in [2.05, 4.69) is 4.98 Å². The van der Waals surface area contributed by atoms with Crippen LogP contribution in [-0.4, -0.2) is 52.3 Å². The van der Waals surface area contributed by atoms with Gasteiger partial charge in [-0.3, -0.25) is 14.3 Å². The molecule has 1 N–H and O–H groups in total. The lowest BCUT2D eigenvalue weighted by atomic mass is 10.1. The first kappa shape index (κ1) is 30.9. The Labute approximate surface area is 254 Å². The monoisotopic (exact) mass is 609 g/mol. The van der Waals surface area contributed by atoms with E-state index in [0.717, 1.165) is 65.1 Å². The number of aromatic nitrogens is 3. The molecule has 0 radical (unpaired) electrons. The molecule has 4 aromatic rings. The number of aliphatic carboxylic acids is 1. The number of para-hydroxylation sites is 1. The first-order chi connectivity index (χ1) is 21.0. The predicted molar refractivity (Wildman–Crippen MR) is 164 cm³/mol. The number of ether oxygens (including phenoxy) is 3. The number of hydrogen-bond donors (Lipinski definition) is 1. The van der Waals surface area contributed by atoms with Gasteiger partial charge in [0.2, 0.25) is 11.3 Å². The zero-order valence-corrected chi connectivity index (χ0v) is 25.6. The van der Waals surface area contributed by atoms with Crippen LogP contribution in [0.4, 0.5) is 0 Å². The van der Waals surface area contributed by atoms with Gasteiger partial charge in [0.15, 0.2) is 0 Å². The lowest BCUT2D eigenvalue weighted by Crippen LogP contribution is -2.28. The smallest absolute Gasteiger partial charge is 0.303 e. The molecule has 230 valence electrons. The van der Waals surface area contributed by atoms with Crippen molar-refractivity contribution in [2.24, 2.45) is 0 Å². The van der Waals surface area contributed by atoms with Crippen LogP contribution in [0.2, 0.25) is 0 Å². The summed E-state index contributed by atoms with van der Waals surface area (Å²) < 4.78 is 25.6. The first-order valence-electron chi connectivity index (χ1n) is 15.0. The molecule has 3 aromatic heterocycles. The highest BCUT2D eigenvalue weighted by Gasteiger charge is 2.27. The summed E-state index contributed by atoms with van der Waals surface area (Å²) in [5.41, 5.74) is 2.21. The van der Waals surface area contributed by atoms with Gasteiger partial charge >= 0.3 is 5.97 Å². The van der Waals surface area contributed by atoms with Crippen molar-refractivity contribution in [3.05, 3.63) is 63.8 Å². The molecule has 0 amide bonds. The third kappa shape index (κ3) is 7.52. The summed E-state index contributed by atoms with van der Waals surface area (Å²) in [5.74, 6) is 0.454. The zero-order valence-electron chi connectivity index (χ0n) is 24.8. The molecule has 4 heterocycles. The van der Waals surface area contributed by atoms with Crippen LogP contribution in [0.25, 0.3) is 21.0 Å². The minimum atomic E-state index is -0.763. The van der Waals surface area contributed by atoms with Gasteiger partial charge in [0, 0.05) is 25.2 Å². The highest BCUT2D eigenvalue weighted by atomic mass is 32.1. The molecule has 1 aliphatic rings. The molecule has 0 unspecified atom stereocenters. The van der Waals surface area contributed by atoms with Crippen molar-refractivity contribution >= 4 is 27.5 Å². The minimum Gasteiger partial charge on any atom is -0.496 e. The number of fused-ring (bicyclic) bond motifs is 1. The number of carboxylic acid groups (broad SMARTS) is 1. The summed E-state index contributed by atoms with van der Waals surface area (Å²) in [4.78, 5) is 30.6. The summed E-state index contributed by atoms with van der Waals surface area (Å²) in [5, 5.41) is 14.5. The van der Waals surface area contributed by atoms with E-state index in [1.165, 1.54) is 17.6 Å². The molecule has 1 aliphatic heterocycles. The van der Waals surface area contributed by atoms with E-state index in [0.29, 0.717) is 49.6 Å². The molecule has 11 heteroatoms. The first-order valence-corrected chi connectivity index (χ1v) is 15.8. The Morgan fingerprint density at radius 2 is 1.93 bits per heavy atom. The summed E-state index contributed by atoms with van der Waals surface area (Å²) >= 11 is 1.45. The maximum Gasteiger partial charge on any atom is 0.303 e. The van der Waals surface area contributed by atoms with E-state index in [1.807, 2.05) is 35.9 Å². The van der Waals surface area contributed by atoms with E-state index >= 15 is 0 Å². The van der Waals surface area contributed by atoms with Gasteiger partial charge < -0.3 is 23.7 Å². The van der Waals surface area contributed by atoms with Gasteiger partial charge in [0.05, 0.1) is 36.2 Å². The number of oxazole rings is 1. The molecule has 1 atom stereocenters. The molecule has 10 nitrogen and oxygen atoms in total. The normalized spacial score (nSPS) is 14.7. The van der Waals surface area contributed by atoms with Gasteiger partial charge in [-0.25, -0.2) is 4.98 Å². The highest BCUT2D eigenvalue weighted by molar-refractivity contribution is 7.22. The fourth-order valence-electron chi connectivity index (χ4n) is 5.60. The number of rotatable bonds is 15. The van der Waals surface area contributed by atoms with Gasteiger partial charge in [0.25, 0.3) is 0 Å². The summed E-state index contributed by atoms with van der Waals surface area (Å²) in [6.45, 7) is 3.65. The maximum absolute atomic E-state index is 13.8. The van der Waals surface area contributed by atoms with Crippen molar-refractivity contribution in [3.8, 4) is 16.5 Å². The molecule has 1 aromatic carbocycles. The Bertz CT molecular complexity index is 1560. The largest absolute Gasteiger partial charge is 0.496 e. The van der Waals surface area contributed by atoms with E-state index < -0.39 is 5.97 Å². The molecular weight excluding hydrogens is 570 g/mol. The number of hydrogen-bond acceptors (Lipinski definition) is 9. The number of thiophene rings is 1. The fourth-order valence-corrected chi connectivity index (χ4v) is 6.81. The van der Waals surface area contributed by atoms with Crippen molar-refractivity contribution in [2.75, 3.05) is 20.3 Å². The molecule has 43 heavy (non-hydrogen) atoms. The molecule has 0 aliphatic carbocycles. The van der Waals surface area contributed by atoms with Crippen molar-refractivity contribution in [3.63, 3.8) is 0 Å². The van der Waals surface area contributed by atoms with Crippen LogP contribution in [0.1, 0.15) is 74.3 Å². The molecular formula is C32H39N3O7S. The van der Waals surface area contributed by atoms with E-state index in [9.17, 15) is 9.59 Å². The Morgan fingerprint density at radius 1 is 1.16 bits per heavy atom. The van der Waals surface area contributed by atoms with Crippen molar-refractivity contribution in [1.82, 2.24) is 14.8 Å². The van der Waals surface area contributed by atoms with Crippen molar-refractivity contribution in [2.45, 2.75) is 83.5 Å². The number of carboxylic acids is 1. The average molecular weight is 610 g/mol. The van der Waals surface area contributed by atoms with Gasteiger partial charge in [-0.1, -0.05) is 37.5 Å².